The van der Waals surface area contributed by atoms with Crippen LogP contribution in [0.1, 0.15) is 53.3 Å². The molecule has 142 valence electrons. The number of amides is 1. The maximum absolute atomic E-state index is 12.6. The first kappa shape index (κ1) is 17.8. The third-order valence-corrected chi connectivity index (χ3v) is 5.86. The lowest BCUT2D eigenvalue weighted by Crippen LogP contribution is -2.39. The predicted octanol–water partition coefficient (Wildman–Crippen LogP) is 3.13. The van der Waals surface area contributed by atoms with Crippen molar-refractivity contribution in [2.45, 2.75) is 45.6 Å². The van der Waals surface area contributed by atoms with Gasteiger partial charge in [-0.25, -0.2) is 4.68 Å². The Balaban J connectivity index is 1.39. The molecule has 1 fully saturated rings. The molecule has 0 spiro atoms. The van der Waals surface area contributed by atoms with Crippen molar-refractivity contribution in [2.75, 3.05) is 13.1 Å². The Kier molecular flexibility index (Phi) is 5.02. The minimum absolute atomic E-state index is 0.134. The molecular weight excluding hydrogens is 364 g/mol. The van der Waals surface area contributed by atoms with Crippen LogP contribution in [0.4, 0.5) is 0 Å². The van der Waals surface area contributed by atoms with E-state index in [0.717, 1.165) is 49.2 Å². The van der Waals surface area contributed by atoms with Crippen molar-refractivity contribution in [2.24, 2.45) is 0 Å². The highest BCUT2D eigenvalue weighted by molar-refractivity contribution is 7.12. The molecule has 1 amide bonds. The molecule has 9 heteroatoms. The lowest BCUT2D eigenvalue weighted by atomic mass is 10.0. The lowest BCUT2D eigenvalue weighted by molar-refractivity contribution is 0.0693. The van der Waals surface area contributed by atoms with Crippen molar-refractivity contribution in [3.05, 3.63) is 33.9 Å². The molecule has 0 aliphatic carbocycles. The maximum atomic E-state index is 12.6. The summed E-state index contributed by atoms with van der Waals surface area (Å²) in [6.07, 6.45) is 5.31. The average Bonchev–Trinajstić information content (AvgIpc) is 3.42. The Morgan fingerprint density at radius 3 is 2.89 bits per heavy atom. The van der Waals surface area contributed by atoms with Crippen LogP contribution in [0.25, 0.3) is 11.6 Å². The van der Waals surface area contributed by atoms with E-state index in [2.05, 4.69) is 27.4 Å². The zero-order chi connectivity index (χ0) is 18.8. The Hall–Kier alpha value is -2.55. The average molecular weight is 386 g/mol. The molecule has 4 rings (SSSR count). The number of thiophene rings is 1. The van der Waals surface area contributed by atoms with Gasteiger partial charge in [0.05, 0.1) is 17.1 Å². The molecule has 0 radical (unpaired) electrons. The number of nitrogens with zero attached hydrogens (tertiary/aromatic N) is 6. The molecule has 3 aromatic heterocycles. The van der Waals surface area contributed by atoms with Crippen LogP contribution in [0.2, 0.25) is 0 Å². The summed E-state index contributed by atoms with van der Waals surface area (Å²) in [7, 11) is 0. The van der Waals surface area contributed by atoms with Gasteiger partial charge in [0, 0.05) is 19.5 Å². The smallest absolute Gasteiger partial charge is 0.280 e. The first-order valence-electron chi connectivity index (χ1n) is 9.24. The van der Waals surface area contributed by atoms with E-state index in [0.29, 0.717) is 17.4 Å². The fraction of sp³-hybridized carbons (Fsp3) is 0.500. The van der Waals surface area contributed by atoms with Crippen molar-refractivity contribution >= 4 is 17.2 Å². The molecule has 0 atom stereocenters. The molecule has 0 bridgehead atoms. The second-order valence-corrected chi connectivity index (χ2v) is 7.72. The standard InChI is InChI=1S/C18H22N6O2S/c1-3-4-15-19-17(26-21-15)14-11-24(22-20-14)13-5-8-23(9-6-13)18(25)16-12(2)7-10-27-16/h7,10-11,13H,3-6,8-9H2,1-2H3. The Labute approximate surface area is 161 Å². The van der Waals surface area contributed by atoms with E-state index in [1.165, 1.54) is 11.3 Å². The minimum Gasteiger partial charge on any atom is -0.338 e. The highest BCUT2D eigenvalue weighted by Crippen LogP contribution is 2.26. The molecule has 27 heavy (non-hydrogen) atoms. The van der Waals surface area contributed by atoms with Gasteiger partial charge in [0.15, 0.2) is 11.5 Å². The summed E-state index contributed by atoms with van der Waals surface area (Å²) in [5.74, 6) is 1.23. The van der Waals surface area contributed by atoms with Crippen LogP contribution in [0.15, 0.2) is 22.2 Å². The normalized spacial score (nSPS) is 15.4. The number of aryl methyl sites for hydroxylation is 2. The molecule has 0 unspecified atom stereocenters. The molecule has 4 heterocycles. The quantitative estimate of drug-likeness (QED) is 0.669. The van der Waals surface area contributed by atoms with E-state index in [-0.39, 0.29) is 11.9 Å². The first-order chi connectivity index (χ1) is 13.2. The summed E-state index contributed by atoms with van der Waals surface area (Å²) in [4.78, 5) is 19.8. The lowest BCUT2D eigenvalue weighted by Gasteiger charge is -2.31. The summed E-state index contributed by atoms with van der Waals surface area (Å²) in [5, 5.41) is 14.3. The van der Waals surface area contributed by atoms with E-state index in [1.54, 1.807) is 0 Å². The van der Waals surface area contributed by atoms with Gasteiger partial charge in [0.25, 0.3) is 11.8 Å². The Bertz CT molecular complexity index is 922. The number of hydrogen-bond acceptors (Lipinski definition) is 7. The highest BCUT2D eigenvalue weighted by Gasteiger charge is 2.27. The van der Waals surface area contributed by atoms with Gasteiger partial charge in [-0.05, 0) is 43.2 Å². The van der Waals surface area contributed by atoms with Crippen LogP contribution < -0.4 is 0 Å². The number of hydrogen-bond donors (Lipinski definition) is 0. The van der Waals surface area contributed by atoms with Crippen molar-refractivity contribution in [3.8, 4) is 11.6 Å². The summed E-state index contributed by atoms with van der Waals surface area (Å²) in [6, 6.07) is 2.21. The van der Waals surface area contributed by atoms with E-state index in [9.17, 15) is 4.79 Å². The molecule has 0 N–H and O–H groups in total. The van der Waals surface area contributed by atoms with E-state index in [4.69, 9.17) is 4.52 Å². The van der Waals surface area contributed by atoms with Crippen LogP contribution >= 0.6 is 11.3 Å². The van der Waals surface area contributed by atoms with E-state index < -0.39 is 0 Å². The number of aromatic nitrogens is 5. The number of carbonyl (C=O) groups is 1. The summed E-state index contributed by atoms with van der Waals surface area (Å²) in [5.41, 5.74) is 1.65. The van der Waals surface area contributed by atoms with Gasteiger partial charge in [0.1, 0.15) is 0 Å². The van der Waals surface area contributed by atoms with Crippen LogP contribution in [0, 0.1) is 6.92 Å². The molecule has 8 nitrogen and oxygen atoms in total. The van der Waals surface area contributed by atoms with E-state index in [1.807, 2.05) is 34.1 Å². The fourth-order valence-electron chi connectivity index (χ4n) is 3.31. The fourth-order valence-corrected chi connectivity index (χ4v) is 4.20. The Morgan fingerprint density at radius 1 is 1.37 bits per heavy atom. The van der Waals surface area contributed by atoms with Crippen LogP contribution in [0.5, 0.6) is 0 Å². The number of piperidine rings is 1. The number of carbonyl (C=O) groups excluding carboxylic acids is 1. The first-order valence-corrected chi connectivity index (χ1v) is 10.1. The van der Waals surface area contributed by atoms with Crippen molar-refractivity contribution in [1.29, 1.82) is 0 Å². The molecule has 0 saturated carbocycles. The van der Waals surface area contributed by atoms with Crippen LogP contribution in [-0.2, 0) is 6.42 Å². The van der Waals surface area contributed by atoms with Gasteiger partial charge in [-0.1, -0.05) is 17.3 Å². The third kappa shape index (κ3) is 3.64. The van der Waals surface area contributed by atoms with E-state index >= 15 is 0 Å². The highest BCUT2D eigenvalue weighted by atomic mass is 32.1. The van der Waals surface area contributed by atoms with Gasteiger partial charge >= 0.3 is 0 Å². The topological polar surface area (TPSA) is 89.9 Å². The molecule has 3 aromatic rings. The molecule has 1 aliphatic rings. The van der Waals surface area contributed by atoms with Crippen LogP contribution in [-0.4, -0.2) is 49.0 Å². The van der Waals surface area contributed by atoms with Gasteiger partial charge in [0.2, 0.25) is 0 Å². The monoisotopic (exact) mass is 386 g/mol. The second-order valence-electron chi connectivity index (χ2n) is 6.81. The van der Waals surface area contributed by atoms with Crippen molar-refractivity contribution < 1.29 is 9.32 Å². The predicted molar refractivity (Wildman–Crippen MR) is 101 cm³/mol. The van der Waals surface area contributed by atoms with Gasteiger partial charge < -0.3 is 9.42 Å². The summed E-state index contributed by atoms with van der Waals surface area (Å²) in [6.45, 7) is 5.49. The molecular formula is C18H22N6O2S. The second kappa shape index (κ2) is 7.59. The van der Waals surface area contributed by atoms with Gasteiger partial charge in [-0.2, -0.15) is 4.98 Å². The largest absolute Gasteiger partial charge is 0.338 e. The van der Waals surface area contributed by atoms with Crippen molar-refractivity contribution in [1.82, 2.24) is 30.0 Å². The summed E-state index contributed by atoms with van der Waals surface area (Å²) >= 11 is 1.51. The zero-order valence-corrected chi connectivity index (χ0v) is 16.3. The minimum atomic E-state index is 0.134. The number of likely N-dealkylation sites (tertiary alicyclic amines) is 1. The Morgan fingerprint density at radius 2 is 2.19 bits per heavy atom. The SMILES string of the molecule is CCCc1noc(-c2cn(C3CCN(C(=O)c4sccc4C)CC3)nn2)n1. The zero-order valence-electron chi connectivity index (χ0n) is 15.5. The van der Waals surface area contributed by atoms with Gasteiger partial charge in [-0.15, -0.1) is 16.4 Å². The van der Waals surface area contributed by atoms with Crippen molar-refractivity contribution in [3.63, 3.8) is 0 Å². The number of rotatable bonds is 5. The molecule has 1 saturated heterocycles. The molecule has 1 aliphatic heterocycles. The third-order valence-electron chi connectivity index (χ3n) is 4.85. The maximum Gasteiger partial charge on any atom is 0.280 e. The molecule has 0 aromatic carbocycles. The van der Waals surface area contributed by atoms with Gasteiger partial charge in [-0.3, -0.25) is 4.79 Å². The summed E-state index contributed by atoms with van der Waals surface area (Å²) < 4.78 is 7.13. The van der Waals surface area contributed by atoms with Crippen LogP contribution in [0.3, 0.4) is 0 Å².